The molecule has 94 heavy (non-hydrogen) atoms. The van der Waals surface area contributed by atoms with Crippen LogP contribution in [0.25, 0.3) is 187 Å². The third-order valence-corrected chi connectivity index (χ3v) is 19.2. The van der Waals surface area contributed by atoms with Crippen LogP contribution in [0.5, 0.6) is 0 Å². The highest BCUT2D eigenvalue weighted by Crippen LogP contribution is 2.47. The predicted octanol–water partition coefficient (Wildman–Crippen LogP) is 22.9. The summed E-state index contributed by atoms with van der Waals surface area (Å²) in [7, 11) is 0. The van der Waals surface area contributed by atoms with E-state index < -0.39 is 0 Å². The van der Waals surface area contributed by atoms with E-state index in [-0.39, 0.29) is 0 Å². The summed E-state index contributed by atoms with van der Waals surface area (Å²) in [6.07, 6.45) is 5.55. The number of imidazole rings is 2. The lowest BCUT2D eigenvalue weighted by Crippen LogP contribution is -1.99. The Morgan fingerprint density at radius 1 is 0.234 bits per heavy atom. The predicted molar refractivity (Wildman–Crippen MR) is 392 cm³/mol. The highest BCUT2D eigenvalue weighted by Gasteiger charge is 2.23. The van der Waals surface area contributed by atoms with E-state index in [2.05, 4.69) is 299 Å². The maximum absolute atomic E-state index is 5.57. The fraction of sp³-hybridized carbons (Fsp3) is 0. The van der Waals surface area contributed by atoms with Gasteiger partial charge in [-0.05, 0) is 187 Å². The third-order valence-electron chi connectivity index (χ3n) is 19.2. The van der Waals surface area contributed by atoms with Gasteiger partial charge in [0.2, 0.25) is 0 Å². The van der Waals surface area contributed by atoms with Gasteiger partial charge in [0.25, 0.3) is 0 Å². The van der Waals surface area contributed by atoms with Crippen LogP contribution in [0.4, 0.5) is 0 Å². The monoisotopic (exact) mass is 1190 g/mol. The number of benzene rings is 15. The Morgan fingerprint density at radius 2 is 0.628 bits per heavy atom. The first-order chi connectivity index (χ1) is 46.6. The molecular weight excluding hydrogens is 1140 g/mol. The quantitative estimate of drug-likeness (QED) is 0.135. The molecule has 0 spiro atoms. The van der Waals surface area contributed by atoms with Crippen molar-refractivity contribution in [3.8, 4) is 89.8 Å². The van der Waals surface area contributed by atoms with Crippen molar-refractivity contribution in [3.05, 3.63) is 328 Å². The first-order valence-electron chi connectivity index (χ1n) is 32.0. The average Bonchev–Trinajstić information content (AvgIpc) is 1.09. The highest BCUT2D eigenvalue weighted by molar-refractivity contribution is 6.23. The molecule has 0 atom stereocenters. The fourth-order valence-electron chi connectivity index (χ4n) is 14.9. The van der Waals surface area contributed by atoms with Crippen molar-refractivity contribution in [2.45, 2.75) is 0 Å². The minimum Gasteiger partial charge on any atom is -0.292 e. The molecule has 0 aliphatic carbocycles. The summed E-state index contributed by atoms with van der Waals surface area (Å²) >= 11 is 0. The van der Waals surface area contributed by atoms with E-state index >= 15 is 0 Å². The van der Waals surface area contributed by atoms with Crippen molar-refractivity contribution in [2.24, 2.45) is 0 Å². The number of hydrogen-bond acceptors (Lipinski definition) is 4. The summed E-state index contributed by atoms with van der Waals surface area (Å²) in [6.45, 7) is 0. The zero-order valence-corrected chi connectivity index (χ0v) is 50.9. The molecule has 0 fully saturated rings. The van der Waals surface area contributed by atoms with Gasteiger partial charge in [-0.3, -0.25) is 19.1 Å². The lowest BCUT2D eigenvalue weighted by atomic mass is 9.85. The van der Waals surface area contributed by atoms with Gasteiger partial charge in [0.05, 0.1) is 39.0 Å². The highest BCUT2D eigenvalue weighted by atomic mass is 15.1. The van der Waals surface area contributed by atoms with Crippen LogP contribution in [0.2, 0.25) is 0 Å². The zero-order chi connectivity index (χ0) is 61.8. The van der Waals surface area contributed by atoms with Gasteiger partial charge in [0.1, 0.15) is 11.6 Å². The van der Waals surface area contributed by atoms with Crippen molar-refractivity contribution >= 4 is 97.6 Å². The number of nitrogens with zero attached hydrogens (tertiary/aromatic N) is 6. The summed E-state index contributed by atoms with van der Waals surface area (Å²) in [6, 6.07) is 112. The van der Waals surface area contributed by atoms with Crippen LogP contribution in [0, 0.1) is 0 Å². The van der Waals surface area contributed by atoms with E-state index in [0.717, 1.165) is 89.4 Å². The van der Waals surface area contributed by atoms with Crippen molar-refractivity contribution in [2.75, 3.05) is 0 Å². The second-order valence-corrected chi connectivity index (χ2v) is 24.5. The molecule has 0 N–H and O–H groups in total. The molecule has 4 aromatic heterocycles. The Balaban J connectivity index is 0.687. The molecule has 436 valence electrons. The fourth-order valence-corrected chi connectivity index (χ4v) is 14.9. The normalized spacial score (nSPS) is 11.8. The molecule has 0 radical (unpaired) electrons. The number of para-hydroxylation sites is 3. The molecule has 0 aliphatic heterocycles. The van der Waals surface area contributed by atoms with E-state index in [1.165, 1.54) is 98.0 Å². The van der Waals surface area contributed by atoms with E-state index in [1.807, 2.05) is 42.9 Å². The molecule has 15 aromatic carbocycles. The van der Waals surface area contributed by atoms with Crippen molar-refractivity contribution in [1.82, 2.24) is 29.1 Å². The van der Waals surface area contributed by atoms with Crippen LogP contribution in [-0.2, 0) is 0 Å². The lowest BCUT2D eigenvalue weighted by Gasteiger charge is -2.18. The Kier molecular flexibility index (Phi) is 12.2. The van der Waals surface area contributed by atoms with Gasteiger partial charge < -0.3 is 0 Å². The van der Waals surface area contributed by atoms with Crippen LogP contribution < -0.4 is 0 Å². The van der Waals surface area contributed by atoms with Gasteiger partial charge in [-0.15, -0.1) is 0 Å². The van der Waals surface area contributed by atoms with E-state index in [9.17, 15) is 0 Å². The van der Waals surface area contributed by atoms with E-state index in [4.69, 9.17) is 15.0 Å². The molecule has 6 heteroatoms. The topological polar surface area (TPSA) is 61.4 Å². The standard InChI is InChI=1S/C88H54N6/c1-2-16-61-52-66(42-30-55(61)15-1)84-73-23-7-3-19-69(73)83(70-20-4-8-24-74(70)84)57-33-37-60(38-34-57)88-92-78-54-65(44-45-80(78)94(88)81-29-13-17-58-18-14-48-90-86(58)81)63-39-40-64-53-67(43-41-62(64)51-63)85-75-25-9-5-21-71(75)82(72-22-6-10-26-76(72)85)56-31-35-59(36-32-56)87-91-77-27-11-12-28-79(77)93(87)68-46-49-89-50-47-68/h1-54H. The molecule has 0 amide bonds. The Labute approximate surface area is 541 Å². The molecule has 0 unspecified atom stereocenters. The number of hydrogen-bond donors (Lipinski definition) is 0. The molecule has 0 saturated heterocycles. The van der Waals surface area contributed by atoms with Crippen molar-refractivity contribution in [1.29, 1.82) is 0 Å². The largest absolute Gasteiger partial charge is 0.292 e. The zero-order valence-electron chi connectivity index (χ0n) is 50.9. The third kappa shape index (κ3) is 8.58. The van der Waals surface area contributed by atoms with E-state index in [0.29, 0.717) is 0 Å². The van der Waals surface area contributed by atoms with Crippen molar-refractivity contribution < 1.29 is 0 Å². The molecule has 19 aromatic rings. The Morgan fingerprint density at radius 3 is 1.21 bits per heavy atom. The smallest absolute Gasteiger partial charge is 0.145 e. The molecule has 19 rings (SSSR count). The maximum Gasteiger partial charge on any atom is 0.145 e. The number of rotatable bonds is 9. The summed E-state index contributed by atoms with van der Waals surface area (Å²) in [5.74, 6) is 1.74. The minimum atomic E-state index is 0.852. The summed E-state index contributed by atoms with van der Waals surface area (Å²) in [5, 5.41) is 15.6. The molecule has 4 heterocycles. The van der Waals surface area contributed by atoms with Crippen LogP contribution in [0.3, 0.4) is 0 Å². The lowest BCUT2D eigenvalue weighted by molar-refractivity contribution is 1.09. The molecule has 0 saturated carbocycles. The van der Waals surface area contributed by atoms with Gasteiger partial charge in [-0.25, -0.2) is 9.97 Å². The number of fused-ring (bicyclic) bond motifs is 9. The average molecular weight is 1200 g/mol. The molecule has 6 nitrogen and oxygen atoms in total. The molecule has 0 aliphatic rings. The van der Waals surface area contributed by atoms with Gasteiger partial charge in [0, 0.05) is 35.1 Å². The van der Waals surface area contributed by atoms with Crippen LogP contribution >= 0.6 is 0 Å². The van der Waals surface area contributed by atoms with Crippen LogP contribution in [0.1, 0.15) is 0 Å². The van der Waals surface area contributed by atoms with Crippen LogP contribution in [-0.4, -0.2) is 29.1 Å². The number of pyridine rings is 2. The van der Waals surface area contributed by atoms with E-state index in [1.54, 1.807) is 0 Å². The minimum absolute atomic E-state index is 0.852. The summed E-state index contributed by atoms with van der Waals surface area (Å²) in [5.41, 5.74) is 20.7. The van der Waals surface area contributed by atoms with Crippen LogP contribution in [0.15, 0.2) is 328 Å². The second kappa shape index (κ2) is 21.5. The van der Waals surface area contributed by atoms with Gasteiger partial charge >= 0.3 is 0 Å². The first kappa shape index (κ1) is 53.2. The molecule has 0 bridgehead atoms. The van der Waals surface area contributed by atoms with Crippen molar-refractivity contribution in [3.63, 3.8) is 0 Å². The summed E-state index contributed by atoms with van der Waals surface area (Å²) in [4.78, 5) is 20.0. The van der Waals surface area contributed by atoms with Gasteiger partial charge in [-0.2, -0.15) is 0 Å². The second-order valence-electron chi connectivity index (χ2n) is 24.5. The maximum atomic E-state index is 5.57. The Bertz CT molecular complexity index is 6160. The van der Waals surface area contributed by atoms with Gasteiger partial charge in [0.15, 0.2) is 0 Å². The first-order valence-corrected chi connectivity index (χ1v) is 32.0. The number of aromatic nitrogens is 6. The van der Waals surface area contributed by atoms with Gasteiger partial charge in [-0.1, -0.05) is 243 Å². The molecular formula is C88H54N6. The Hall–Kier alpha value is -12.6. The SMILES string of the molecule is c1ccc2cc(-c3c4ccccc4c(-c4ccc(-c5nc6cc(-c7ccc8cc(-c9c%10ccccc%10c(-c%10ccc(-c%11nc%12ccccc%12n%11-c%11ccncc%11)cc%10)c%10ccccc9%10)ccc8c7)ccc6n5-c5cccc6cccnc56)cc4)c4ccccc34)ccc2c1. The summed E-state index contributed by atoms with van der Waals surface area (Å²) < 4.78 is 4.52.